The normalized spacial score (nSPS) is 25.6. The highest BCUT2D eigenvalue weighted by Crippen LogP contribution is 2.11. The van der Waals surface area contributed by atoms with Gasteiger partial charge in [0, 0.05) is 11.5 Å². The summed E-state index contributed by atoms with van der Waals surface area (Å²) in [6.07, 6.45) is 2.34. The van der Waals surface area contributed by atoms with Crippen LogP contribution in [0.2, 0.25) is 0 Å². The van der Waals surface area contributed by atoms with Crippen LogP contribution in [0, 0.1) is 0 Å². The lowest BCUT2D eigenvalue weighted by atomic mass is 10.2. The first-order valence-corrected chi connectivity index (χ1v) is 3.06. The molecule has 0 saturated carbocycles. The summed E-state index contributed by atoms with van der Waals surface area (Å²) in [7, 11) is 0. The Morgan fingerprint density at radius 3 is 3.22 bits per heavy atom. The maximum atomic E-state index is 7.93. The van der Waals surface area contributed by atoms with Gasteiger partial charge >= 0.3 is 0 Å². The minimum atomic E-state index is 0.195. The molecular formula is C5H9N3O. The van der Waals surface area contributed by atoms with Crippen LogP contribution in [-0.2, 0) is 4.74 Å². The first-order chi connectivity index (χ1) is 4.43. The number of hydrogen-bond donors (Lipinski definition) is 0. The van der Waals surface area contributed by atoms with Crippen molar-refractivity contribution in [1.82, 2.24) is 0 Å². The fourth-order valence-corrected chi connectivity index (χ4v) is 0.916. The van der Waals surface area contributed by atoms with Crippen LogP contribution in [0.15, 0.2) is 5.11 Å². The van der Waals surface area contributed by atoms with Crippen LogP contribution in [0.5, 0.6) is 0 Å². The Labute approximate surface area is 53.4 Å². The van der Waals surface area contributed by atoms with Gasteiger partial charge in [-0.3, -0.25) is 0 Å². The molecule has 1 fully saturated rings. The number of rotatable bonds is 2. The SMILES string of the molecule is [N-]=[N+]=NC[C@@H]1CCCO1. The third-order valence-electron chi connectivity index (χ3n) is 1.37. The molecule has 1 atom stereocenters. The highest BCUT2D eigenvalue weighted by Gasteiger charge is 2.13. The standard InChI is InChI=1S/C5H9N3O/c6-8-7-4-5-2-1-3-9-5/h5H,1-4H2/t5-/m0/s1. The summed E-state index contributed by atoms with van der Waals surface area (Å²) < 4.78 is 5.19. The Bertz CT molecular complexity index is 124. The molecule has 0 spiro atoms. The van der Waals surface area contributed by atoms with Gasteiger partial charge in [0.1, 0.15) is 0 Å². The quantitative estimate of drug-likeness (QED) is 0.315. The highest BCUT2D eigenvalue weighted by atomic mass is 16.5. The van der Waals surface area contributed by atoms with Gasteiger partial charge in [-0.25, -0.2) is 0 Å². The zero-order valence-electron chi connectivity index (χ0n) is 5.16. The molecule has 0 aromatic rings. The van der Waals surface area contributed by atoms with Crippen LogP contribution in [0.25, 0.3) is 10.4 Å². The van der Waals surface area contributed by atoms with Gasteiger partial charge in [0.25, 0.3) is 0 Å². The van der Waals surface area contributed by atoms with E-state index in [0.717, 1.165) is 19.4 Å². The van der Waals surface area contributed by atoms with Gasteiger partial charge in [-0.1, -0.05) is 5.11 Å². The van der Waals surface area contributed by atoms with Crippen LogP contribution in [0.3, 0.4) is 0 Å². The smallest absolute Gasteiger partial charge is 0.0632 e. The molecule has 4 nitrogen and oxygen atoms in total. The van der Waals surface area contributed by atoms with Crippen molar-refractivity contribution in [2.24, 2.45) is 5.11 Å². The first-order valence-electron chi connectivity index (χ1n) is 3.06. The number of azide groups is 1. The van der Waals surface area contributed by atoms with Gasteiger partial charge < -0.3 is 4.74 Å². The van der Waals surface area contributed by atoms with E-state index in [0.29, 0.717) is 6.54 Å². The fraction of sp³-hybridized carbons (Fsp3) is 1.00. The van der Waals surface area contributed by atoms with Crippen molar-refractivity contribution in [3.8, 4) is 0 Å². The van der Waals surface area contributed by atoms with Crippen LogP contribution < -0.4 is 0 Å². The molecule has 1 rings (SSSR count). The molecule has 0 unspecified atom stereocenters. The van der Waals surface area contributed by atoms with Gasteiger partial charge in [0.05, 0.1) is 12.6 Å². The predicted octanol–water partition coefficient (Wildman–Crippen LogP) is 1.48. The molecule has 1 heterocycles. The van der Waals surface area contributed by atoms with Crippen molar-refractivity contribution in [3.05, 3.63) is 10.4 Å². The Morgan fingerprint density at radius 1 is 1.78 bits per heavy atom. The third kappa shape index (κ3) is 1.91. The molecule has 0 aromatic carbocycles. The maximum Gasteiger partial charge on any atom is 0.0632 e. The van der Waals surface area contributed by atoms with E-state index >= 15 is 0 Å². The van der Waals surface area contributed by atoms with Crippen molar-refractivity contribution in [1.29, 1.82) is 0 Å². The molecule has 50 valence electrons. The van der Waals surface area contributed by atoms with E-state index < -0.39 is 0 Å². The average Bonchev–Trinajstić information content (AvgIpc) is 2.34. The third-order valence-corrected chi connectivity index (χ3v) is 1.37. The van der Waals surface area contributed by atoms with Crippen molar-refractivity contribution in [3.63, 3.8) is 0 Å². The van der Waals surface area contributed by atoms with Crippen molar-refractivity contribution in [2.45, 2.75) is 18.9 Å². The van der Waals surface area contributed by atoms with E-state index in [2.05, 4.69) is 10.0 Å². The lowest BCUT2D eigenvalue weighted by molar-refractivity contribution is 0.117. The van der Waals surface area contributed by atoms with Gasteiger partial charge in [0.2, 0.25) is 0 Å². The van der Waals surface area contributed by atoms with E-state index in [-0.39, 0.29) is 6.10 Å². The second-order valence-corrected chi connectivity index (χ2v) is 2.05. The molecule has 0 bridgehead atoms. The number of nitrogens with zero attached hydrogens (tertiary/aromatic N) is 3. The Morgan fingerprint density at radius 2 is 2.67 bits per heavy atom. The molecule has 0 aromatic heterocycles. The number of hydrogen-bond acceptors (Lipinski definition) is 2. The van der Waals surface area contributed by atoms with E-state index in [9.17, 15) is 0 Å². The first kappa shape index (κ1) is 6.39. The van der Waals surface area contributed by atoms with E-state index in [1.165, 1.54) is 0 Å². The molecular weight excluding hydrogens is 118 g/mol. The van der Waals surface area contributed by atoms with Crippen LogP contribution in [-0.4, -0.2) is 19.3 Å². The lowest BCUT2D eigenvalue weighted by Gasteiger charge is -2.01. The van der Waals surface area contributed by atoms with Crippen molar-refractivity contribution in [2.75, 3.05) is 13.2 Å². The fourth-order valence-electron chi connectivity index (χ4n) is 0.916. The number of ether oxygens (including phenoxy) is 1. The summed E-state index contributed by atoms with van der Waals surface area (Å²) in [6.45, 7) is 1.32. The monoisotopic (exact) mass is 127 g/mol. The van der Waals surface area contributed by atoms with Crippen LogP contribution in [0.4, 0.5) is 0 Å². The minimum absolute atomic E-state index is 0.195. The van der Waals surface area contributed by atoms with Gasteiger partial charge in [-0.05, 0) is 18.4 Å². The lowest BCUT2D eigenvalue weighted by Crippen LogP contribution is -2.07. The Balaban J connectivity index is 2.18. The highest BCUT2D eigenvalue weighted by molar-refractivity contribution is 4.66. The van der Waals surface area contributed by atoms with Crippen molar-refractivity contribution >= 4 is 0 Å². The largest absolute Gasteiger partial charge is 0.378 e. The zero-order chi connectivity index (χ0) is 6.53. The molecule has 0 aliphatic carbocycles. The Hall–Kier alpha value is -0.730. The topological polar surface area (TPSA) is 58.0 Å². The summed E-state index contributed by atoms with van der Waals surface area (Å²) in [6, 6.07) is 0. The van der Waals surface area contributed by atoms with Gasteiger partial charge in [-0.2, -0.15) is 0 Å². The van der Waals surface area contributed by atoms with E-state index in [4.69, 9.17) is 10.3 Å². The molecule has 9 heavy (non-hydrogen) atoms. The molecule has 4 heteroatoms. The van der Waals surface area contributed by atoms with Gasteiger partial charge in [-0.15, -0.1) is 0 Å². The molecule has 1 saturated heterocycles. The average molecular weight is 127 g/mol. The molecule has 0 N–H and O–H groups in total. The summed E-state index contributed by atoms with van der Waals surface area (Å²) in [5.41, 5.74) is 7.93. The molecule has 0 radical (unpaired) electrons. The summed E-state index contributed by atoms with van der Waals surface area (Å²) in [4.78, 5) is 2.64. The second-order valence-electron chi connectivity index (χ2n) is 2.05. The summed E-state index contributed by atoms with van der Waals surface area (Å²) in [5, 5.41) is 3.41. The summed E-state index contributed by atoms with van der Waals surface area (Å²) >= 11 is 0. The zero-order valence-corrected chi connectivity index (χ0v) is 5.16. The second kappa shape index (κ2) is 3.33. The molecule has 1 aliphatic heterocycles. The Kier molecular flexibility index (Phi) is 2.36. The van der Waals surface area contributed by atoms with Crippen molar-refractivity contribution < 1.29 is 4.74 Å². The summed E-state index contributed by atoms with van der Waals surface area (Å²) in [5.74, 6) is 0. The molecule has 1 aliphatic rings. The van der Waals surface area contributed by atoms with E-state index in [1.54, 1.807) is 0 Å². The van der Waals surface area contributed by atoms with Gasteiger partial charge in [0.15, 0.2) is 0 Å². The van der Waals surface area contributed by atoms with E-state index in [1.807, 2.05) is 0 Å². The van der Waals surface area contributed by atoms with Crippen LogP contribution in [0.1, 0.15) is 12.8 Å². The molecule has 0 amide bonds. The van der Waals surface area contributed by atoms with Crippen LogP contribution >= 0.6 is 0 Å². The predicted molar refractivity (Wildman–Crippen MR) is 33.0 cm³/mol. The maximum absolute atomic E-state index is 7.93. The minimum Gasteiger partial charge on any atom is -0.378 e.